The molecular weight excluding hydrogens is 249 g/mol. The van der Waals surface area contributed by atoms with Gasteiger partial charge in [0.1, 0.15) is 16.9 Å². The van der Waals surface area contributed by atoms with Gasteiger partial charge in [0, 0.05) is 16.8 Å². The van der Waals surface area contributed by atoms with Gasteiger partial charge in [-0.2, -0.15) is 5.26 Å². The number of thiazole rings is 1. The minimum atomic E-state index is -0.509. The second-order valence-electron chi connectivity index (χ2n) is 4.00. The van der Waals surface area contributed by atoms with Crippen LogP contribution in [0.1, 0.15) is 29.2 Å². The minimum Gasteiger partial charge on any atom is -0.376 e. The topological polar surface area (TPSA) is 48.7 Å². The van der Waals surface area contributed by atoms with Gasteiger partial charge in [-0.3, -0.25) is 0 Å². The van der Waals surface area contributed by atoms with E-state index in [4.69, 9.17) is 5.26 Å². The SMILES string of the molecule is Cc1csc(C(C)Nc2ccc(C#N)c(F)c2)n1. The predicted molar refractivity (Wildman–Crippen MR) is 70.0 cm³/mol. The average molecular weight is 261 g/mol. The largest absolute Gasteiger partial charge is 0.376 e. The van der Waals surface area contributed by atoms with Gasteiger partial charge in [-0.15, -0.1) is 11.3 Å². The first-order valence-electron chi connectivity index (χ1n) is 5.48. The Bertz CT molecular complexity index is 601. The van der Waals surface area contributed by atoms with Crippen LogP contribution in [0.2, 0.25) is 0 Å². The third kappa shape index (κ3) is 2.66. The maximum atomic E-state index is 13.4. The summed E-state index contributed by atoms with van der Waals surface area (Å²) in [5, 5.41) is 14.8. The summed E-state index contributed by atoms with van der Waals surface area (Å²) in [5.74, 6) is -0.509. The summed E-state index contributed by atoms with van der Waals surface area (Å²) in [6, 6.07) is 6.30. The molecule has 0 bridgehead atoms. The maximum absolute atomic E-state index is 13.4. The van der Waals surface area contributed by atoms with Crippen LogP contribution in [0.15, 0.2) is 23.6 Å². The fourth-order valence-corrected chi connectivity index (χ4v) is 2.38. The Hall–Kier alpha value is -1.93. The number of rotatable bonds is 3. The van der Waals surface area contributed by atoms with Gasteiger partial charge in [0.05, 0.1) is 11.6 Å². The molecule has 0 aliphatic heterocycles. The van der Waals surface area contributed by atoms with Crippen LogP contribution in [0.5, 0.6) is 0 Å². The fourth-order valence-electron chi connectivity index (χ4n) is 1.58. The van der Waals surface area contributed by atoms with Crippen molar-refractivity contribution in [1.29, 1.82) is 5.26 Å². The van der Waals surface area contributed by atoms with Crippen LogP contribution in [0.25, 0.3) is 0 Å². The van der Waals surface area contributed by atoms with Gasteiger partial charge >= 0.3 is 0 Å². The number of hydrogen-bond acceptors (Lipinski definition) is 4. The van der Waals surface area contributed by atoms with E-state index in [1.807, 2.05) is 19.2 Å². The summed E-state index contributed by atoms with van der Waals surface area (Å²) in [7, 11) is 0. The molecule has 18 heavy (non-hydrogen) atoms. The molecule has 0 aliphatic carbocycles. The highest BCUT2D eigenvalue weighted by atomic mass is 32.1. The molecule has 92 valence electrons. The summed E-state index contributed by atoms with van der Waals surface area (Å²) in [6.45, 7) is 3.91. The Morgan fingerprint density at radius 1 is 1.50 bits per heavy atom. The third-order valence-corrected chi connectivity index (χ3v) is 3.63. The van der Waals surface area contributed by atoms with E-state index < -0.39 is 5.82 Å². The fraction of sp³-hybridized carbons (Fsp3) is 0.231. The number of nitrogens with zero attached hydrogens (tertiary/aromatic N) is 2. The monoisotopic (exact) mass is 261 g/mol. The highest BCUT2D eigenvalue weighted by Crippen LogP contribution is 2.23. The number of halogens is 1. The maximum Gasteiger partial charge on any atom is 0.143 e. The zero-order chi connectivity index (χ0) is 13.1. The lowest BCUT2D eigenvalue weighted by atomic mass is 10.2. The van der Waals surface area contributed by atoms with E-state index in [9.17, 15) is 4.39 Å². The summed E-state index contributed by atoms with van der Waals surface area (Å²) in [5.41, 5.74) is 1.68. The van der Waals surface area contributed by atoms with Crippen molar-refractivity contribution in [3.8, 4) is 6.07 Å². The number of aryl methyl sites for hydroxylation is 1. The van der Waals surface area contributed by atoms with Crippen LogP contribution in [0.3, 0.4) is 0 Å². The van der Waals surface area contributed by atoms with Gasteiger partial charge in [0.25, 0.3) is 0 Å². The van der Waals surface area contributed by atoms with Crippen LogP contribution in [-0.2, 0) is 0 Å². The highest BCUT2D eigenvalue weighted by molar-refractivity contribution is 7.09. The molecule has 1 unspecified atom stereocenters. The minimum absolute atomic E-state index is 0.0102. The van der Waals surface area contributed by atoms with Gasteiger partial charge in [0.2, 0.25) is 0 Å². The van der Waals surface area contributed by atoms with Crippen LogP contribution < -0.4 is 5.32 Å². The molecular formula is C13H12FN3S. The van der Waals surface area contributed by atoms with Crippen molar-refractivity contribution in [2.24, 2.45) is 0 Å². The van der Waals surface area contributed by atoms with E-state index in [2.05, 4.69) is 10.3 Å². The Kier molecular flexibility index (Phi) is 3.58. The number of hydrogen-bond donors (Lipinski definition) is 1. The van der Waals surface area contributed by atoms with Gasteiger partial charge < -0.3 is 5.32 Å². The first kappa shape index (κ1) is 12.5. The molecule has 1 heterocycles. The molecule has 1 N–H and O–H groups in total. The van der Waals surface area contributed by atoms with E-state index in [-0.39, 0.29) is 11.6 Å². The molecule has 2 rings (SSSR count). The second-order valence-corrected chi connectivity index (χ2v) is 4.89. The number of nitriles is 1. The van der Waals surface area contributed by atoms with Crippen LogP contribution in [0, 0.1) is 24.1 Å². The van der Waals surface area contributed by atoms with Crippen LogP contribution >= 0.6 is 11.3 Å². The summed E-state index contributed by atoms with van der Waals surface area (Å²) in [6.07, 6.45) is 0. The smallest absolute Gasteiger partial charge is 0.143 e. The van der Waals surface area contributed by atoms with Crippen molar-refractivity contribution < 1.29 is 4.39 Å². The zero-order valence-corrected chi connectivity index (χ0v) is 10.9. The molecule has 0 saturated heterocycles. The Balaban J connectivity index is 2.15. The number of aromatic nitrogens is 1. The quantitative estimate of drug-likeness (QED) is 0.917. The van der Waals surface area contributed by atoms with Gasteiger partial charge in [-0.25, -0.2) is 9.37 Å². The van der Waals surface area contributed by atoms with Gasteiger partial charge in [-0.05, 0) is 32.0 Å². The molecule has 2 aromatic rings. The molecule has 0 saturated carbocycles. The lowest BCUT2D eigenvalue weighted by molar-refractivity contribution is 0.624. The van der Waals surface area contributed by atoms with Crippen molar-refractivity contribution >= 4 is 17.0 Å². The molecule has 1 aromatic carbocycles. The average Bonchev–Trinajstić information content (AvgIpc) is 2.76. The zero-order valence-electron chi connectivity index (χ0n) is 10.1. The second kappa shape index (κ2) is 5.15. The van der Waals surface area contributed by atoms with Crippen molar-refractivity contribution in [1.82, 2.24) is 4.98 Å². The summed E-state index contributed by atoms with van der Waals surface area (Å²) < 4.78 is 13.4. The van der Waals surface area contributed by atoms with Crippen molar-refractivity contribution in [3.63, 3.8) is 0 Å². The van der Waals surface area contributed by atoms with E-state index in [1.54, 1.807) is 23.5 Å². The molecule has 0 radical (unpaired) electrons. The Labute approximate surface area is 109 Å². The van der Waals surface area contributed by atoms with E-state index in [0.717, 1.165) is 10.7 Å². The predicted octanol–water partition coefficient (Wildman–Crippen LogP) is 3.64. The molecule has 0 aliphatic rings. The number of nitrogens with one attached hydrogen (secondary N) is 1. The number of anilines is 1. The van der Waals surface area contributed by atoms with E-state index >= 15 is 0 Å². The summed E-state index contributed by atoms with van der Waals surface area (Å²) in [4.78, 5) is 4.37. The highest BCUT2D eigenvalue weighted by Gasteiger charge is 2.10. The van der Waals surface area contributed by atoms with Crippen LogP contribution in [-0.4, -0.2) is 4.98 Å². The van der Waals surface area contributed by atoms with E-state index in [1.165, 1.54) is 12.1 Å². The van der Waals surface area contributed by atoms with Gasteiger partial charge in [-0.1, -0.05) is 0 Å². The normalized spacial score (nSPS) is 11.9. The Morgan fingerprint density at radius 2 is 2.28 bits per heavy atom. The lowest BCUT2D eigenvalue weighted by Gasteiger charge is -2.12. The van der Waals surface area contributed by atoms with Crippen LogP contribution in [0.4, 0.5) is 10.1 Å². The van der Waals surface area contributed by atoms with Gasteiger partial charge in [0.15, 0.2) is 0 Å². The Morgan fingerprint density at radius 3 is 2.83 bits per heavy atom. The molecule has 1 aromatic heterocycles. The molecule has 3 nitrogen and oxygen atoms in total. The molecule has 1 atom stereocenters. The molecule has 0 fully saturated rings. The molecule has 0 amide bonds. The van der Waals surface area contributed by atoms with Crippen molar-refractivity contribution in [2.75, 3.05) is 5.32 Å². The molecule has 5 heteroatoms. The third-order valence-electron chi connectivity index (χ3n) is 2.48. The standard InChI is InChI=1S/C13H12FN3S/c1-8-7-18-13(16-8)9(2)17-11-4-3-10(6-15)12(14)5-11/h3-5,7,9,17H,1-2H3. The first-order chi connectivity index (χ1) is 8.60. The molecule has 0 spiro atoms. The first-order valence-corrected chi connectivity index (χ1v) is 6.36. The summed E-state index contributed by atoms with van der Waals surface area (Å²) >= 11 is 1.57. The number of benzene rings is 1. The van der Waals surface area contributed by atoms with Crippen molar-refractivity contribution in [3.05, 3.63) is 45.7 Å². The van der Waals surface area contributed by atoms with Crippen molar-refractivity contribution in [2.45, 2.75) is 19.9 Å². The van der Waals surface area contributed by atoms with E-state index in [0.29, 0.717) is 5.69 Å². The lowest BCUT2D eigenvalue weighted by Crippen LogP contribution is -2.06.